The number of ether oxygens (including phenoxy) is 1. The molecule has 2 atom stereocenters. The standard InChI is InChI=1S/C15H21NO3/c1-11(10-17)9-16-15(18)8-12-6-7-19-14-5-3-2-4-13(12)14/h2-5,11-12,17H,6-10H2,1H3,(H,16,18). The number of hydrogen-bond acceptors (Lipinski definition) is 3. The Kier molecular flexibility index (Phi) is 4.80. The second-order valence-corrected chi connectivity index (χ2v) is 5.17. The van der Waals surface area contributed by atoms with E-state index >= 15 is 0 Å². The van der Waals surface area contributed by atoms with E-state index < -0.39 is 0 Å². The zero-order valence-electron chi connectivity index (χ0n) is 11.3. The van der Waals surface area contributed by atoms with Gasteiger partial charge in [0.2, 0.25) is 5.91 Å². The van der Waals surface area contributed by atoms with Crippen molar-refractivity contribution in [3.05, 3.63) is 29.8 Å². The number of nitrogens with one attached hydrogen (secondary N) is 1. The summed E-state index contributed by atoms with van der Waals surface area (Å²) < 4.78 is 5.59. The maximum absolute atomic E-state index is 11.9. The van der Waals surface area contributed by atoms with Gasteiger partial charge in [0.1, 0.15) is 5.75 Å². The van der Waals surface area contributed by atoms with Crippen molar-refractivity contribution >= 4 is 5.91 Å². The fourth-order valence-electron chi connectivity index (χ4n) is 2.28. The van der Waals surface area contributed by atoms with E-state index in [4.69, 9.17) is 9.84 Å². The van der Waals surface area contributed by atoms with Crippen molar-refractivity contribution in [2.24, 2.45) is 5.92 Å². The average Bonchev–Trinajstić information content (AvgIpc) is 2.45. The third-order valence-electron chi connectivity index (χ3n) is 3.47. The van der Waals surface area contributed by atoms with Crippen LogP contribution in [0.1, 0.15) is 31.2 Å². The van der Waals surface area contributed by atoms with Gasteiger partial charge in [-0.3, -0.25) is 4.79 Å². The lowest BCUT2D eigenvalue weighted by Gasteiger charge is -2.25. The van der Waals surface area contributed by atoms with E-state index in [9.17, 15) is 4.79 Å². The van der Waals surface area contributed by atoms with Crippen LogP contribution >= 0.6 is 0 Å². The minimum atomic E-state index is 0.0435. The number of carbonyl (C=O) groups is 1. The first-order valence-corrected chi connectivity index (χ1v) is 6.80. The van der Waals surface area contributed by atoms with E-state index in [0.717, 1.165) is 17.7 Å². The maximum atomic E-state index is 11.9. The predicted molar refractivity (Wildman–Crippen MR) is 73.2 cm³/mol. The molecule has 2 rings (SSSR count). The van der Waals surface area contributed by atoms with Gasteiger partial charge in [0, 0.05) is 19.6 Å². The zero-order valence-corrected chi connectivity index (χ0v) is 11.3. The molecule has 4 nitrogen and oxygen atoms in total. The lowest BCUT2D eigenvalue weighted by molar-refractivity contribution is -0.121. The van der Waals surface area contributed by atoms with Gasteiger partial charge in [-0.25, -0.2) is 0 Å². The van der Waals surface area contributed by atoms with Crippen LogP contribution in [0.3, 0.4) is 0 Å². The summed E-state index contributed by atoms with van der Waals surface area (Å²) in [5, 5.41) is 11.8. The Morgan fingerprint density at radius 2 is 2.32 bits per heavy atom. The van der Waals surface area contributed by atoms with Crippen molar-refractivity contribution in [3.63, 3.8) is 0 Å². The highest BCUT2D eigenvalue weighted by molar-refractivity contribution is 5.77. The van der Waals surface area contributed by atoms with Crippen LogP contribution in [0.15, 0.2) is 24.3 Å². The van der Waals surface area contributed by atoms with Crippen LogP contribution in [0.2, 0.25) is 0 Å². The lowest BCUT2D eigenvalue weighted by Crippen LogP contribution is -2.31. The summed E-state index contributed by atoms with van der Waals surface area (Å²) >= 11 is 0. The lowest BCUT2D eigenvalue weighted by atomic mass is 9.90. The number of aliphatic hydroxyl groups excluding tert-OH is 1. The van der Waals surface area contributed by atoms with Crippen LogP contribution in [-0.4, -0.2) is 30.8 Å². The second-order valence-electron chi connectivity index (χ2n) is 5.17. The largest absolute Gasteiger partial charge is 0.493 e. The molecule has 0 bridgehead atoms. The molecule has 1 heterocycles. The molecule has 1 aliphatic rings. The fraction of sp³-hybridized carbons (Fsp3) is 0.533. The summed E-state index contributed by atoms with van der Waals surface area (Å²) in [5.74, 6) is 1.28. The van der Waals surface area contributed by atoms with Crippen molar-refractivity contribution in [1.29, 1.82) is 0 Å². The minimum Gasteiger partial charge on any atom is -0.493 e. The Morgan fingerprint density at radius 3 is 3.11 bits per heavy atom. The van der Waals surface area contributed by atoms with Crippen LogP contribution in [0.5, 0.6) is 5.75 Å². The Morgan fingerprint density at radius 1 is 1.53 bits per heavy atom. The number of fused-ring (bicyclic) bond motifs is 1. The molecule has 0 saturated heterocycles. The molecule has 104 valence electrons. The average molecular weight is 263 g/mol. The van der Waals surface area contributed by atoms with E-state index in [0.29, 0.717) is 19.6 Å². The predicted octanol–water partition coefficient (Wildman–Crippen LogP) is 1.69. The van der Waals surface area contributed by atoms with Crippen molar-refractivity contribution < 1.29 is 14.6 Å². The van der Waals surface area contributed by atoms with Crippen molar-refractivity contribution in [2.45, 2.75) is 25.7 Å². The molecule has 1 amide bonds. The molecule has 4 heteroatoms. The zero-order chi connectivity index (χ0) is 13.7. The van der Waals surface area contributed by atoms with Gasteiger partial charge in [-0.1, -0.05) is 25.1 Å². The summed E-state index contributed by atoms with van der Waals surface area (Å²) in [4.78, 5) is 11.9. The maximum Gasteiger partial charge on any atom is 0.220 e. The van der Waals surface area contributed by atoms with Crippen molar-refractivity contribution in [2.75, 3.05) is 19.8 Å². The van der Waals surface area contributed by atoms with Gasteiger partial charge >= 0.3 is 0 Å². The first-order valence-electron chi connectivity index (χ1n) is 6.80. The summed E-state index contributed by atoms with van der Waals surface area (Å²) in [6.07, 6.45) is 1.36. The van der Waals surface area contributed by atoms with E-state index in [1.807, 2.05) is 31.2 Å². The minimum absolute atomic E-state index is 0.0435. The highest BCUT2D eigenvalue weighted by Gasteiger charge is 2.23. The van der Waals surface area contributed by atoms with Crippen LogP contribution in [0.4, 0.5) is 0 Å². The summed E-state index contributed by atoms with van der Waals surface area (Å²) in [7, 11) is 0. The van der Waals surface area contributed by atoms with Gasteiger partial charge in [0.15, 0.2) is 0 Å². The molecule has 0 aromatic heterocycles. The summed E-state index contributed by atoms with van der Waals surface area (Å²) in [6, 6.07) is 7.91. The van der Waals surface area contributed by atoms with Gasteiger partial charge < -0.3 is 15.2 Å². The Balaban J connectivity index is 1.91. The molecule has 0 aliphatic carbocycles. The number of aliphatic hydroxyl groups is 1. The molecule has 0 radical (unpaired) electrons. The molecule has 0 saturated carbocycles. The summed E-state index contributed by atoms with van der Waals surface area (Å²) in [5.41, 5.74) is 1.12. The van der Waals surface area contributed by atoms with Crippen molar-refractivity contribution in [3.8, 4) is 5.75 Å². The third-order valence-corrected chi connectivity index (χ3v) is 3.47. The van der Waals surface area contributed by atoms with Crippen LogP contribution in [0.25, 0.3) is 0 Å². The van der Waals surface area contributed by atoms with E-state index in [-0.39, 0.29) is 24.3 Å². The number of benzene rings is 1. The molecule has 19 heavy (non-hydrogen) atoms. The smallest absolute Gasteiger partial charge is 0.220 e. The molecule has 1 aliphatic heterocycles. The number of rotatable bonds is 5. The van der Waals surface area contributed by atoms with E-state index in [1.165, 1.54) is 0 Å². The number of carbonyl (C=O) groups excluding carboxylic acids is 1. The van der Waals surface area contributed by atoms with E-state index in [1.54, 1.807) is 0 Å². The first-order chi connectivity index (χ1) is 9.20. The number of para-hydroxylation sites is 1. The summed E-state index contributed by atoms with van der Waals surface area (Å²) in [6.45, 7) is 3.20. The van der Waals surface area contributed by atoms with Gasteiger partial charge in [-0.2, -0.15) is 0 Å². The second kappa shape index (κ2) is 6.57. The van der Waals surface area contributed by atoms with Crippen LogP contribution in [-0.2, 0) is 4.79 Å². The van der Waals surface area contributed by atoms with E-state index in [2.05, 4.69) is 5.32 Å². The highest BCUT2D eigenvalue weighted by atomic mass is 16.5. The molecule has 1 aromatic rings. The van der Waals surface area contributed by atoms with Crippen molar-refractivity contribution in [1.82, 2.24) is 5.32 Å². The molecule has 0 spiro atoms. The fourth-order valence-corrected chi connectivity index (χ4v) is 2.28. The molecular formula is C15H21NO3. The Bertz CT molecular complexity index is 433. The van der Waals surface area contributed by atoms with Crippen LogP contribution < -0.4 is 10.1 Å². The number of amides is 1. The SMILES string of the molecule is CC(CO)CNC(=O)CC1CCOc2ccccc21. The molecule has 2 N–H and O–H groups in total. The van der Waals surface area contributed by atoms with Gasteiger partial charge in [0.05, 0.1) is 6.61 Å². The molecule has 0 fully saturated rings. The molecule has 1 aromatic carbocycles. The Labute approximate surface area is 113 Å². The highest BCUT2D eigenvalue weighted by Crippen LogP contribution is 2.35. The molecule has 2 unspecified atom stereocenters. The van der Waals surface area contributed by atoms with Crippen LogP contribution in [0, 0.1) is 5.92 Å². The van der Waals surface area contributed by atoms with Gasteiger partial charge in [-0.15, -0.1) is 0 Å². The quantitative estimate of drug-likeness (QED) is 0.850. The van der Waals surface area contributed by atoms with Gasteiger partial charge in [0.25, 0.3) is 0 Å². The monoisotopic (exact) mass is 263 g/mol. The normalized spacial score (nSPS) is 19.2. The first kappa shape index (κ1) is 13.9. The number of hydrogen-bond donors (Lipinski definition) is 2. The third kappa shape index (κ3) is 3.70. The van der Waals surface area contributed by atoms with Gasteiger partial charge in [-0.05, 0) is 29.9 Å². The Hall–Kier alpha value is -1.55. The molecular weight excluding hydrogens is 242 g/mol. The topological polar surface area (TPSA) is 58.6 Å².